The van der Waals surface area contributed by atoms with Gasteiger partial charge in [-0.2, -0.15) is 0 Å². The summed E-state index contributed by atoms with van der Waals surface area (Å²) in [4.78, 5) is 12.2. The zero-order chi connectivity index (χ0) is 14.1. The summed E-state index contributed by atoms with van der Waals surface area (Å²) in [6.07, 6.45) is -0.132. The minimum absolute atomic E-state index is 0.0435. The first-order chi connectivity index (χ1) is 9.69. The molecule has 20 heavy (non-hydrogen) atoms. The summed E-state index contributed by atoms with van der Waals surface area (Å²) in [5, 5.41) is 9.44. The van der Waals surface area contributed by atoms with Crippen molar-refractivity contribution < 1.29 is 19.4 Å². The third kappa shape index (κ3) is 2.09. The van der Waals surface area contributed by atoms with Crippen LogP contribution < -0.4 is 9.47 Å². The fraction of sp³-hybridized carbons (Fsp3) is 0.188. The van der Waals surface area contributed by atoms with Gasteiger partial charge in [0.2, 0.25) is 0 Å². The summed E-state index contributed by atoms with van der Waals surface area (Å²) in [7, 11) is 1.59. The number of aromatic hydroxyl groups is 1. The van der Waals surface area contributed by atoms with E-state index in [4.69, 9.17) is 9.47 Å². The molecule has 0 aliphatic carbocycles. The van der Waals surface area contributed by atoms with Gasteiger partial charge in [-0.15, -0.1) is 0 Å². The molecular weight excluding hydrogens is 256 g/mol. The zero-order valence-corrected chi connectivity index (χ0v) is 11.0. The van der Waals surface area contributed by atoms with Crippen LogP contribution in [-0.4, -0.2) is 18.0 Å². The summed E-state index contributed by atoms with van der Waals surface area (Å²) in [5.41, 5.74) is 1.28. The number of ketones is 1. The topological polar surface area (TPSA) is 55.8 Å². The molecule has 1 N–H and O–H groups in total. The van der Waals surface area contributed by atoms with E-state index in [1.807, 2.05) is 24.3 Å². The van der Waals surface area contributed by atoms with Gasteiger partial charge in [0.1, 0.15) is 23.4 Å². The Hall–Kier alpha value is -2.49. The molecule has 4 heteroatoms. The highest BCUT2D eigenvalue weighted by atomic mass is 16.5. The second-order valence-electron chi connectivity index (χ2n) is 4.66. The van der Waals surface area contributed by atoms with Crippen LogP contribution in [0.15, 0.2) is 42.5 Å². The van der Waals surface area contributed by atoms with Gasteiger partial charge in [-0.25, -0.2) is 0 Å². The number of hydrogen-bond acceptors (Lipinski definition) is 4. The number of hydrogen-bond donors (Lipinski definition) is 1. The van der Waals surface area contributed by atoms with Crippen molar-refractivity contribution in [1.82, 2.24) is 0 Å². The molecule has 0 fully saturated rings. The van der Waals surface area contributed by atoms with Crippen molar-refractivity contribution in [3.05, 3.63) is 53.6 Å². The Morgan fingerprint density at radius 1 is 1.25 bits per heavy atom. The predicted octanol–water partition coefficient (Wildman–Crippen LogP) is 3.11. The number of carbonyl (C=O) groups is 1. The number of carbonyl (C=O) groups excluding carboxylic acids is 1. The van der Waals surface area contributed by atoms with E-state index >= 15 is 0 Å². The van der Waals surface area contributed by atoms with Crippen LogP contribution in [0.1, 0.15) is 28.4 Å². The van der Waals surface area contributed by atoms with Gasteiger partial charge in [0.25, 0.3) is 0 Å². The van der Waals surface area contributed by atoms with E-state index in [1.165, 1.54) is 12.1 Å². The van der Waals surface area contributed by atoms with Gasteiger partial charge >= 0.3 is 0 Å². The van der Waals surface area contributed by atoms with Crippen molar-refractivity contribution in [3.8, 4) is 17.2 Å². The Bertz CT molecular complexity index is 663. The van der Waals surface area contributed by atoms with Gasteiger partial charge in [0.15, 0.2) is 5.78 Å². The lowest BCUT2D eigenvalue weighted by atomic mass is 9.95. The number of benzene rings is 2. The average Bonchev–Trinajstić information content (AvgIpc) is 2.47. The van der Waals surface area contributed by atoms with E-state index in [2.05, 4.69) is 0 Å². The average molecular weight is 270 g/mol. The second-order valence-corrected chi connectivity index (χ2v) is 4.66. The van der Waals surface area contributed by atoms with E-state index < -0.39 is 0 Å². The molecule has 102 valence electrons. The maximum atomic E-state index is 12.2. The Morgan fingerprint density at radius 3 is 2.85 bits per heavy atom. The molecular formula is C16H14O4. The summed E-state index contributed by atoms with van der Waals surface area (Å²) in [6, 6.07) is 12.1. The van der Waals surface area contributed by atoms with Crippen LogP contribution in [0.3, 0.4) is 0 Å². The van der Waals surface area contributed by atoms with Gasteiger partial charge in [0, 0.05) is 5.56 Å². The van der Waals surface area contributed by atoms with E-state index in [-0.39, 0.29) is 24.1 Å². The molecule has 3 rings (SSSR count). The fourth-order valence-corrected chi connectivity index (χ4v) is 2.42. The lowest BCUT2D eigenvalue weighted by Crippen LogP contribution is -2.20. The van der Waals surface area contributed by atoms with Crippen molar-refractivity contribution in [3.63, 3.8) is 0 Å². The molecule has 0 saturated heterocycles. The van der Waals surface area contributed by atoms with Gasteiger partial charge in [0.05, 0.1) is 19.1 Å². The highest BCUT2D eigenvalue weighted by Gasteiger charge is 2.29. The van der Waals surface area contributed by atoms with Crippen molar-refractivity contribution >= 4 is 5.78 Å². The lowest BCUT2D eigenvalue weighted by molar-refractivity contribution is 0.0846. The monoisotopic (exact) mass is 270 g/mol. The molecule has 1 atom stereocenters. The highest BCUT2D eigenvalue weighted by Crippen LogP contribution is 2.39. The fourth-order valence-electron chi connectivity index (χ4n) is 2.42. The van der Waals surface area contributed by atoms with Gasteiger partial charge < -0.3 is 14.6 Å². The molecule has 1 unspecified atom stereocenters. The first-order valence-corrected chi connectivity index (χ1v) is 6.35. The molecule has 2 aromatic carbocycles. The summed E-state index contributed by atoms with van der Waals surface area (Å²) < 4.78 is 11.2. The molecule has 1 aliphatic heterocycles. The molecule has 0 bridgehead atoms. The maximum Gasteiger partial charge on any atom is 0.170 e. The smallest absolute Gasteiger partial charge is 0.170 e. The predicted molar refractivity (Wildman–Crippen MR) is 73.4 cm³/mol. The molecule has 0 amide bonds. The van der Waals surface area contributed by atoms with Crippen molar-refractivity contribution in [2.45, 2.75) is 12.5 Å². The van der Waals surface area contributed by atoms with E-state index in [9.17, 15) is 9.90 Å². The Morgan fingerprint density at radius 2 is 2.05 bits per heavy atom. The molecule has 0 radical (unpaired) electrons. The number of rotatable bonds is 2. The zero-order valence-electron chi connectivity index (χ0n) is 11.0. The van der Waals surface area contributed by atoms with Crippen LogP contribution in [0.2, 0.25) is 0 Å². The Kier molecular flexibility index (Phi) is 3.06. The molecule has 1 heterocycles. The number of Topliss-reactive ketones (excluding diaryl/α,β-unsaturated/α-hetero) is 1. The van der Waals surface area contributed by atoms with E-state index in [0.717, 1.165) is 5.56 Å². The van der Waals surface area contributed by atoms with Crippen LogP contribution in [0.5, 0.6) is 17.2 Å². The van der Waals surface area contributed by atoms with Crippen molar-refractivity contribution in [2.75, 3.05) is 7.11 Å². The minimum atomic E-state index is -0.365. The van der Waals surface area contributed by atoms with Crippen LogP contribution >= 0.6 is 0 Å². The quantitative estimate of drug-likeness (QED) is 0.911. The van der Waals surface area contributed by atoms with Gasteiger partial charge in [-0.3, -0.25) is 4.79 Å². The first kappa shape index (κ1) is 12.5. The SMILES string of the molecule is COc1ccccc1C1CC(=O)c2cc(O)ccc2O1. The van der Waals surface area contributed by atoms with Crippen LogP contribution in [0, 0.1) is 0 Å². The van der Waals surface area contributed by atoms with Gasteiger partial charge in [-0.1, -0.05) is 18.2 Å². The summed E-state index contributed by atoms with van der Waals surface area (Å²) >= 11 is 0. The second kappa shape index (κ2) is 4.89. The molecule has 4 nitrogen and oxygen atoms in total. The third-order valence-electron chi connectivity index (χ3n) is 3.39. The van der Waals surface area contributed by atoms with E-state index in [0.29, 0.717) is 17.1 Å². The number of phenols is 1. The Balaban J connectivity index is 1.99. The standard InChI is InChI=1S/C16H14O4/c1-19-14-5-3-2-4-11(14)16-9-13(18)12-8-10(17)6-7-15(12)20-16/h2-8,16-17H,9H2,1H3. The molecule has 0 aromatic heterocycles. The van der Waals surface area contributed by atoms with Crippen LogP contribution in [-0.2, 0) is 0 Å². The molecule has 0 saturated carbocycles. The number of methoxy groups -OCH3 is 1. The molecule has 2 aromatic rings. The van der Waals surface area contributed by atoms with Crippen LogP contribution in [0.4, 0.5) is 0 Å². The minimum Gasteiger partial charge on any atom is -0.508 e. The largest absolute Gasteiger partial charge is 0.508 e. The van der Waals surface area contributed by atoms with Crippen LogP contribution in [0.25, 0.3) is 0 Å². The van der Waals surface area contributed by atoms with Crippen molar-refractivity contribution in [2.24, 2.45) is 0 Å². The number of ether oxygens (including phenoxy) is 2. The normalized spacial score (nSPS) is 17.2. The molecule has 0 spiro atoms. The number of para-hydroxylation sites is 1. The third-order valence-corrected chi connectivity index (χ3v) is 3.39. The lowest BCUT2D eigenvalue weighted by Gasteiger charge is -2.26. The summed E-state index contributed by atoms with van der Waals surface area (Å²) in [6.45, 7) is 0. The number of fused-ring (bicyclic) bond motifs is 1. The van der Waals surface area contributed by atoms with Crippen molar-refractivity contribution in [1.29, 1.82) is 0 Å². The maximum absolute atomic E-state index is 12.2. The van der Waals surface area contributed by atoms with Gasteiger partial charge in [-0.05, 0) is 24.3 Å². The Labute approximate surface area is 116 Å². The summed E-state index contributed by atoms with van der Waals surface area (Å²) in [5.74, 6) is 1.22. The van der Waals surface area contributed by atoms with E-state index in [1.54, 1.807) is 13.2 Å². The highest BCUT2D eigenvalue weighted by molar-refractivity contribution is 6.00. The number of phenolic OH excluding ortho intramolecular Hbond substituents is 1. The molecule has 1 aliphatic rings. The first-order valence-electron chi connectivity index (χ1n) is 6.35.